The summed E-state index contributed by atoms with van der Waals surface area (Å²) in [5.41, 5.74) is 12.8. The van der Waals surface area contributed by atoms with Gasteiger partial charge in [0.05, 0.1) is 35.8 Å². The Hall–Kier alpha value is -5.46. The number of carbonyl (C=O) groups excluding carboxylic acids is 2. The molecular weight excluding hydrogens is 703 g/mol. The molecule has 0 spiro atoms. The lowest BCUT2D eigenvalue weighted by Gasteiger charge is -2.36. The van der Waals surface area contributed by atoms with E-state index in [2.05, 4.69) is 10.6 Å². The number of carbonyl (C=O) groups is 3. The number of ether oxygens (including phenoxy) is 2. The highest BCUT2D eigenvalue weighted by Crippen LogP contribution is 2.40. The summed E-state index contributed by atoms with van der Waals surface area (Å²) in [6.45, 7) is 0.315. The van der Waals surface area contributed by atoms with Gasteiger partial charge in [-0.2, -0.15) is 0 Å². The van der Waals surface area contributed by atoms with Crippen LogP contribution in [0.5, 0.6) is 0 Å². The topological polar surface area (TPSA) is 160 Å². The maximum absolute atomic E-state index is 12.6. The van der Waals surface area contributed by atoms with Gasteiger partial charge in [0.2, 0.25) is 11.8 Å². The summed E-state index contributed by atoms with van der Waals surface area (Å²) in [5.74, 6) is -0.747. The van der Waals surface area contributed by atoms with E-state index in [4.69, 9.17) is 15.2 Å². The fourth-order valence-electron chi connectivity index (χ4n) is 6.19. The number of benzene rings is 5. The van der Waals surface area contributed by atoms with E-state index in [0.29, 0.717) is 41.4 Å². The lowest BCUT2D eigenvalue weighted by Crippen LogP contribution is -2.31. The van der Waals surface area contributed by atoms with Crippen molar-refractivity contribution in [1.29, 1.82) is 0 Å². The lowest BCUT2D eigenvalue weighted by molar-refractivity contribution is -0.245. The van der Waals surface area contributed by atoms with Crippen LogP contribution in [0.3, 0.4) is 0 Å². The molecule has 1 heterocycles. The number of hydrogen-bond donors (Lipinski definition) is 5. The van der Waals surface area contributed by atoms with Crippen molar-refractivity contribution < 1.29 is 34.1 Å². The van der Waals surface area contributed by atoms with E-state index < -0.39 is 12.3 Å². The highest BCUT2D eigenvalue weighted by molar-refractivity contribution is 7.99. The molecule has 0 radical (unpaired) electrons. The van der Waals surface area contributed by atoms with Crippen LogP contribution >= 0.6 is 11.8 Å². The van der Waals surface area contributed by atoms with E-state index in [1.807, 2.05) is 84.9 Å². The van der Waals surface area contributed by atoms with Gasteiger partial charge in [0.25, 0.3) is 0 Å². The molecule has 1 aliphatic heterocycles. The maximum atomic E-state index is 12.6. The van der Waals surface area contributed by atoms with Crippen LogP contribution in [0.2, 0.25) is 0 Å². The third-order valence-corrected chi connectivity index (χ3v) is 10.3. The Kier molecular flexibility index (Phi) is 13.1. The minimum atomic E-state index is -0.967. The molecule has 0 saturated carbocycles. The summed E-state index contributed by atoms with van der Waals surface area (Å²) >= 11 is 1.45. The molecule has 0 unspecified atom stereocenters. The molecule has 54 heavy (non-hydrogen) atoms. The first-order valence-electron chi connectivity index (χ1n) is 17.8. The highest BCUT2D eigenvalue weighted by Gasteiger charge is 2.32. The molecule has 11 heteroatoms. The van der Waals surface area contributed by atoms with Crippen molar-refractivity contribution in [1.82, 2.24) is 5.32 Å². The van der Waals surface area contributed by atoms with E-state index >= 15 is 0 Å². The number of nitrogens with one attached hydrogen (secondary N) is 2. The van der Waals surface area contributed by atoms with Crippen molar-refractivity contribution in [2.45, 2.75) is 62.2 Å². The minimum absolute atomic E-state index is 0.0440. The van der Waals surface area contributed by atoms with Crippen LogP contribution in [0.15, 0.2) is 126 Å². The van der Waals surface area contributed by atoms with Gasteiger partial charge in [-0.15, -0.1) is 11.8 Å². The minimum Gasteiger partial charge on any atom is -0.478 e. The number of amides is 2. The third-order valence-electron chi connectivity index (χ3n) is 9.13. The zero-order valence-corrected chi connectivity index (χ0v) is 30.5. The van der Waals surface area contributed by atoms with Crippen LogP contribution < -0.4 is 16.4 Å². The molecule has 5 aromatic carbocycles. The van der Waals surface area contributed by atoms with Crippen molar-refractivity contribution >= 4 is 40.9 Å². The number of carboxylic acids is 1. The molecule has 2 amide bonds. The molecule has 0 aliphatic carbocycles. The molecule has 0 aromatic heterocycles. The van der Waals surface area contributed by atoms with Gasteiger partial charge in [-0.25, -0.2) is 4.79 Å². The smallest absolute Gasteiger partial charge is 0.336 e. The summed E-state index contributed by atoms with van der Waals surface area (Å²) in [6.07, 6.45) is 0.291. The molecule has 6 rings (SSSR count). The first-order valence-corrected chi connectivity index (χ1v) is 18.8. The van der Waals surface area contributed by atoms with Gasteiger partial charge in [-0.1, -0.05) is 91.0 Å². The fraction of sp³-hybridized carbons (Fsp3) is 0.233. The number of thioether (sulfide) groups is 1. The van der Waals surface area contributed by atoms with E-state index in [0.717, 1.165) is 33.4 Å². The van der Waals surface area contributed by atoms with E-state index in [-0.39, 0.29) is 49.0 Å². The van der Waals surface area contributed by atoms with Crippen LogP contribution in [0.1, 0.15) is 70.7 Å². The Bertz CT molecular complexity index is 2060. The molecule has 5 aromatic rings. The van der Waals surface area contributed by atoms with Crippen LogP contribution in [0.4, 0.5) is 11.4 Å². The summed E-state index contributed by atoms with van der Waals surface area (Å²) < 4.78 is 13.0. The van der Waals surface area contributed by atoms with Crippen LogP contribution in [-0.2, 0) is 32.2 Å². The van der Waals surface area contributed by atoms with Gasteiger partial charge in [0, 0.05) is 42.0 Å². The lowest BCUT2D eigenvalue weighted by atomic mass is 9.99. The number of aliphatic hydroxyl groups is 1. The molecule has 10 nitrogen and oxygen atoms in total. The molecule has 1 fully saturated rings. The van der Waals surface area contributed by atoms with E-state index in [1.165, 1.54) is 11.8 Å². The molecular formula is C43H43N3O7S. The average molecular weight is 746 g/mol. The first kappa shape index (κ1) is 38.3. The normalized spacial score (nSPS) is 16.7. The van der Waals surface area contributed by atoms with E-state index in [1.54, 1.807) is 36.4 Å². The van der Waals surface area contributed by atoms with Crippen molar-refractivity contribution in [2.24, 2.45) is 0 Å². The Morgan fingerprint density at radius 1 is 0.759 bits per heavy atom. The number of rotatable bonds is 15. The summed E-state index contributed by atoms with van der Waals surface area (Å²) in [4.78, 5) is 37.3. The Morgan fingerprint density at radius 3 is 2.24 bits per heavy atom. The number of hydrogen-bond acceptors (Lipinski definition) is 8. The van der Waals surface area contributed by atoms with Crippen molar-refractivity contribution in [3.05, 3.63) is 149 Å². The van der Waals surface area contributed by atoms with Gasteiger partial charge in [0.15, 0.2) is 6.29 Å². The number of anilines is 2. The average Bonchev–Trinajstić information content (AvgIpc) is 3.20. The van der Waals surface area contributed by atoms with Crippen molar-refractivity contribution in [2.75, 3.05) is 16.8 Å². The van der Waals surface area contributed by atoms with Crippen LogP contribution in [0.25, 0.3) is 11.1 Å². The van der Waals surface area contributed by atoms with Crippen LogP contribution in [0, 0.1) is 0 Å². The SMILES string of the molecule is Nc1ccccc1NC(=O)CCCC(=O)NCc1cccc(-c2ccc([C@H]3O[C@@H](CSc4ccccc4C(=O)O)C[C@@H](c4ccc(CO)cc4)O3)cc2)c1. The number of aliphatic hydroxyl groups excluding tert-OH is 1. The molecule has 3 atom stereocenters. The van der Waals surface area contributed by atoms with Crippen molar-refractivity contribution in [3.8, 4) is 11.1 Å². The Balaban J connectivity index is 1.06. The predicted octanol–water partition coefficient (Wildman–Crippen LogP) is 7.89. The summed E-state index contributed by atoms with van der Waals surface area (Å²) in [7, 11) is 0. The molecule has 0 bridgehead atoms. The zero-order chi connectivity index (χ0) is 37.9. The number of nitrogen functional groups attached to an aromatic ring is 1. The Morgan fingerprint density at radius 2 is 1.48 bits per heavy atom. The standard InChI is InChI=1S/C43H43N3O7S/c44-36-10-2-3-11-37(36)46-41(49)14-6-13-40(48)45-25-29-7-5-8-33(23-29)30-19-21-32(22-20-30)43-52-34(27-54-39-12-4-1-9-35(39)42(50)51)24-38(53-43)31-17-15-28(26-47)16-18-31/h1-5,7-12,15-23,34,38,43,47H,6,13-14,24-27,44H2,(H,45,48)(H,46,49)(H,50,51)/t34-,38+,43+/m1/s1. The fourth-order valence-corrected chi connectivity index (χ4v) is 7.26. The Labute approximate surface area is 318 Å². The first-order chi connectivity index (χ1) is 26.2. The summed E-state index contributed by atoms with van der Waals surface area (Å²) in [5, 5.41) is 24.9. The third kappa shape index (κ3) is 10.4. The number of carboxylic acid groups (broad SMARTS) is 1. The molecule has 1 saturated heterocycles. The predicted molar refractivity (Wildman–Crippen MR) is 210 cm³/mol. The van der Waals surface area contributed by atoms with Gasteiger partial charge in [-0.05, 0) is 64.6 Å². The zero-order valence-electron chi connectivity index (χ0n) is 29.7. The van der Waals surface area contributed by atoms with Crippen LogP contribution in [-0.4, -0.2) is 39.9 Å². The second kappa shape index (κ2) is 18.5. The second-order valence-corrected chi connectivity index (χ2v) is 14.1. The van der Waals surface area contributed by atoms with Gasteiger partial charge >= 0.3 is 5.97 Å². The van der Waals surface area contributed by atoms with Gasteiger partial charge < -0.3 is 36.1 Å². The van der Waals surface area contributed by atoms with E-state index in [9.17, 15) is 24.6 Å². The highest BCUT2D eigenvalue weighted by atomic mass is 32.2. The quantitative estimate of drug-likeness (QED) is 0.0531. The second-order valence-electron chi connectivity index (χ2n) is 13.1. The maximum Gasteiger partial charge on any atom is 0.336 e. The van der Waals surface area contributed by atoms with Crippen molar-refractivity contribution in [3.63, 3.8) is 0 Å². The van der Waals surface area contributed by atoms with Gasteiger partial charge in [-0.3, -0.25) is 9.59 Å². The molecule has 1 aliphatic rings. The number of para-hydroxylation sites is 2. The number of nitrogens with two attached hydrogens (primary N) is 1. The summed E-state index contributed by atoms with van der Waals surface area (Å²) in [6, 6.07) is 37.7. The van der Waals surface area contributed by atoms with Gasteiger partial charge in [0.1, 0.15) is 0 Å². The number of aromatic carboxylic acids is 1. The molecule has 278 valence electrons. The monoisotopic (exact) mass is 745 g/mol. The molecule has 6 N–H and O–H groups in total. The largest absolute Gasteiger partial charge is 0.478 e.